The van der Waals surface area contributed by atoms with E-state index in [1.54, 1.807) is 29.5 Å². The molecular formula is C20H17N7OS. The largest absolute Gasteiger partial charge is 0.366 e. The molecule has 0 atom stereocenters. The molecule has 9 heteroatoms. The standard InChI is InChI=1S/C19H13N7OS.CH4/c20-17(27)10-2-1-3-12(8-10)21-19-14-6-7-28-16(14)13-5-4-11(9-15(13)22-19)18-23-25-26-24-18;/h1-9H,(H2,20,27)(H,21,22)(H,23,24,25,26);1H4. The lowest BCUT2D eigenvalue weighted by Crippen LogP contribution is -2.10. The van der Waals surface area contributed by atoms with Crippen molar-refractivity contribution in [3.63, 3.8) is 0 Å². The van der Waals surface area contributed by atoms with Crippen molar-refractivity contribution in [1.82, 2.24) is 25.6 Å². The predicted molar refractivity (Wildman–Crippen MR) is 115 cm³/mol. The first-order valence-corrected chi connectivity index (χ1v) is 9.29. The smallest absolute Gasteiger partial charge is 0.248 e. The minimum Gasteiger partial charge on any atom is -0.366 e. The molecule has 1 amide bonds. The summed E-state index contributed by atoms with van der Waals surface area (Å²) in [5, 5.41) is 21.5. The zero-order valence-electron chi connectivity index (χ0n) is 14.4. The average Bonchev–Trinajstić information content (AvgIpc) is 3.40. The number of pyridine rings is 1. The number of aromatic amines is 1. The summed E-state index contributed by atoms with van der Waals surface area (Å²) in [4.78, 5) is 16.3. The molecule has 0 unspecified atom stereocenters. The second-order valence-corrected chi connectivity index (χ2v) is 7.08. The van der Waals surface area contributed by atoms with Crippen LogP contribution in [0.1, 0.15) is 17.8 Å². The number of fused-ring (bicyclic) bond motifs is 3. The summed E-state index contributed by atoms with van der Waals surface area (Å²) in [5.41, 5.74) is 8.20. The van der Waals surface area contributed by atoms with E-state index in [0.717, 1.165) is 32.2 Å². The van der Waals surface area contributed by atoms with Crippen molar-refractivity contribution >= 4 is 49.7 Å². The third-order valence-electron chi connectivity index (χ3n) is 4.41. The predicted octanol–water partition coefficient (Wildman–Crippen LogP) is 4.11. The number of benzene rings is 2. The number of nitrogens with one attached hydrogen (secondary N) is 2. The average molecular weight is 403 g/mol. The van der Waals surface area contributed by atoms with Gasteiger partial charge in [0.2, 0.25) is 11.7 Å². The molecule has 5 rings (SSSR count). The molecule has 8 nitrogen and oxygen atoms in total. The van der Waals surface area contributed by atoms with Gasteiger partial charge in [-0.05, 0) is 40.9 Å². The lowest BCUT2D eigenvalue weighted by molar-refractivity contribution is 0.100. The van der Waals surface area contributed by atoms with E-state index in [9.17, 15) is 4.79 Å². The molecule has 5 aromatic rings. The number of anilines is 2. The van der Waals surface area contributed by atoms with Crippen molar-refractivity contribution < 1.29 is 4.79 Å². The topological polar surface area (TPSA) is 122 Å². The van der Waals surface area contributed by atoms with Gasteiger partial charge in [0.25, 0.3) is 0 Å². The number of thiophene rings is 1. The lowest BCUT2D eigenvalue weighted by Gasteiger charge is -2.10. The number of aromatic nitrogens is 5. The van der Waals surface area contributed by atoms with Gasteiger partial charge in [0.15, 0.2) is 0 Å². The van der Waals surface area contributed by atoms with Gasteiger partial charge in [0.1, 0.15) is 5.82 Å². The molecule has 0 fully saturated rings. The summed E-state index contributed by atoms with van der Waals surface area (Å²) in [6.07, 6.45) is 0. The van der Waals surface area contributed by atoms with Crippen LogP contribution >= 0.6 is 11.3 Å². The first-order chi connectivity index (χ1) is 13.7. The lowest BCUT2D eigenvalue weighted by atomic mass is 10.1. The van der Waals surface area contributed by atoms with Crippen molar-refractivity contribution in [3.05, 3.63) is 59.5 Å². The van der Waals surface area contributed by atoms with Crippen molar-refractivity contribution in [1.29, 1.82) is 0 Å². The quantitative estimate of drug-likeness (QED) is 0.415. The van der Waals surface area contributed by atoms with Crippen LogP contribution in [0.5, 0.6) is 0 Å². The van der Waals surface area contributed by atoms with Crippen molar-refractivity contribution in [2.45, 2.75) is 7.43 Å². The summed E-state index contributed by atoms with van der Waals surface area (Å²) in [7, 11) is 0. The van der Waals surface area contributed by atoms with Gasteiger partial charge in [-0.2, -0.15) is 5.21 Å². The van der Waals surface area contributed by atoms with Gasteiger partial charge in [-0.1, -0.05) is 25.6 Å². The van der Waals surface area contributed by atoms with E-state index in [1.807, 2.05) is 35.7 Å². The number of hydrogen-bond donors (Lipinski definition) is 3. The number of tetrazole rings is 1. The Kier molecular flexibility index (Phi) is 4.65. The van der Waals surface area contributed by atoms with Crippen LogP contribution in [0.2, 0.25) is 0 Å². The monoisotopic (exact) mass is 403 g/mol. The number of carbonyl (C=O) groups excluding carboxylic acids is 1. The van der Waals surface area contributed by atoms with Crippen LogP contribution in [0.25, 0.3) is 32.4 Å². The fourth-order valence-corrected chi connectivity index (χ4v) is 4.04. The summed E-state index contributed by atoms with van der Waals surface area (Å²) >= 11 is 1.65. The Morgan fingerprint density at radius 3 is 2.79 bits per heavy atom. The molecule has 144 valence electrons. The van der Waals surface area contributed by atoms with E-state index in [1.165, 1.54) is 0 Å². The van der Waals surface area contributed by atoms with Crippen LogP contribution in [0.15, 0.2) is 53.9 Å². The van der Waals surface area contributed by atoms with Crippen LogP contribution < -0.4 is 11.1 Å². The highest BCUT2D eigenvalue weighted by Gasteiger charge is 2.13. The summed E-state index contributed by atoms with van der Waals surface area (Å²) < 4.78 is 1.12. The van der Waals surface area contributed by atoms with Crippen LogP contribution in [-0.4, -0.2) is 31.5 Å². The van der Waals surface area contributed by atoms with E-state index in [4.69, 9.17) is 10.7 Å². The Balaban J connectivity index is 0.00000205. The van der Waals surface area contributed by atoms with E-state index < -0.39 is 5.91 Å². The molecule has 3 heterocycles. The van der Waals surface area contributed by atoms with Crippen LogP contribution in [0.3, 0.4) is 0 Å². The van der Waals surface area contributed by atoms with Gasteiger partial charge in [-0.15, -0.1) is 21.5 Å². The SMILES string of the molecule is C.NC(=O)c1cccc(Nc2nc3cc(-c4nn[nH]n4)ccc3c3sccc23)c1. The van der Waals surface area contributed by atoms with Gasteiger partial charge < -0.3 is 11.1 Å². The molecule has 0 saturated carbocycles. The second kappa shape index (κ2) is 7.28. The first kappa shape index (κ1) is 18.5. The first-order valence-electron chi connectivity index (χ1n) is 8.41. The Bertz CT molecular complexity index is 1330. The fraction of sp³-hybridized carbons (Fsp3) is 0.0500. The van der Waals surface area contributed by atoms with E-state index in [0.29, 0.717) is 17.2 Å². The second-order valence-electron chi connectivity index (χ2n) is 6.16. The number of hydrogen-bond acceptors (Lipinski definition) is 7. The maximum absolute atomic E-state index is 11.5. The minimum atomic E-state index is -0.472. The molecule has 2 aromatic carbocycles. The van der Waals surface area contributed by atoms with Gasteiger partial charge in [-0.25, -0.2) is 4.98 Å². The number of H-pyrrole nitrogens is 1. The van der Waals surface area contributed by atoms with E-state index in [2.05, 4.69) is 25.9 Å². The normalized spacial score (nSPS) is 10.8. The Morgan fingerprint density at radius 2 is 2.00 bits per heavy atom. The molecule has 29 heavy (non-hydrogen) atoms. The van der Waals surface area contributed by atoms with Gasteiger partial charge >= 0.3 is 0 Å². The molecule has 0 aliphatic rings. The molecule has 3 aromatic heterocycles. The third-order valence-corrected chi connectivity index (χ3v) is 5.36. The highest BCUT2D eigenvalue weighted by atomic mass is 32.1. The maximum atomic E-state index is 11.5. The number of primary amides is 1. The molecule has 0 aliphatic heterocycles. The van der Waals surface area contributed by atoms with Crippen molar-refractivity contribution in [3.8, 4) is 11.4 Å². The zero-order valence-corrected chi connectivity index (χ0v) is 15.2. The molecular weight excluding hydrogens is 386 g/mol. The van der Waals surface area contributed by atoms with Crippen molar-refractivity contribution in [2.75, 3.05) is 5.32 Å². The van der Waals surface area contributed by atoms with Crippen LogP contribution in [0.4, 0.5) is 11.5 Å². The molecule has 4 N–H and O–H groups in total. The summed E-state index contributed by atoms with van der Waals surface area (Å²) in [5.74, 6) is 0.745. The molecule has 0 spiro atoms. The Morgan fingerprint density at radius 1 is 1.10 bits per heavy atom. The number of carbonyl (C=O) groups is 1. The van der Waals surface area contributed by atoms with Crippen molar-refractivity contribution in [2.24, 2.45) is 5.73 Å². The third kappa shape index (κ3) is 3.27. The Labute approximate surface area is 169 Å². The minimum absolute atomic E-state index is 0. The Hall–Kier alpha value is -3.85. The van der Waals surface area contributed by atoms with Gasteiger partial charge in [0, 0.05) is 32.3 Å². The van der Waals surface area contributed by atoms with Crippen LogP contribution in [0, 0.1) is 0 Å². The van der Waals surface area contributed by atoms with E-state index >= 15 is 0 Å². The zero-order chi connectivity index (χ0) is 19.1. The molecule has 0 saturated heterocycles. The number of nitrogens with zero attached hydrogens (tertiary/aromatic N) is 4. The number of nitrogens with two attached hydrogens (primary N) is 1. The van der Waals surface area contributed by atoms with Gasteiger partial charge in [0.05, 0.1) is 5.52 Å². The summed E-state index contributed by atoms with van der Waals surface area (Å²) in [6.45, 7) is 0. The molecule has 0 bridgehead atoms. The fourth-order valence-electron chi connectivity index (χ4n) is 3.11. The summed E-state index contributed by atoms with van der Waals surface area (Å²) in [6, 6.07) is 15.0. The van der Waals surface area contributed by atoms with E-state index in [-0.39, 0.29) is 7.43 Å². The highest BCUT2D eigenvalue weighted by molar-refractivity contribution is 7.18. The maximum Gasteiger partial charge on any atom is 0.248 e. The number of amides is 1. The van der Waals surface area contributed by atoms with Gasteiger partial charge in [-0.3, -0.25) is 4.79 Å². The highest BCUT2D eigenvalue weighted by Crippen LogP contribution is 2.35. The molecule has 0 aliphatic carbocycles. The van der Waals surface area contributed by atoms with Crippen LogP contribution in [-0.2, 0) is 0 Å². The molecule has 0 radical (unpaired) electrons. The number of rotatable bonds is 4.